The Morgan fingerprint density at radius 1 is 1.56 bits per heavy atom. The summed E-state index contributed by atoms with van der Waals surface area (Å²) >= 11 is 0. The molecule has 0 fully saturated rings. The molecule has 1 aromatic carbocycles. The third-order valence-electron chi connectivity index (χ3n) is 2.05. The van der Waals surface area contributed by atoms with Gasteiger partial charge >= 0.3 is 0 Å². The number of non-ortho nitro benzene ring substituents is 1. The number of amides is 1. The minimum absolute atomic E-state index is 0.0583. The molecule has 3 N–H and O–H groups in total. The molecule has 8 nitrogen and oxygen atoms in total. The smallest absolute Gasteiger partial charge is 0.287 e. The zero-order chi connectivity index (χ0) is 11.9. The van der Waals surface area contributed by atoms with Crippen LogP contribution in [0.3, 0.4) is 0 Å². The van der Waals surface area contributed by atoms with Crippen molar-refractivity contribution in [1.82, 2.24) is 9.71 Å². The number of hydrogen-bond donors (Lipinski definition) is 2. The predicted molar refractivity (Wildman–Crippen MR) is 52.1 cm³/mol. The lowest BCUT2D eigenvalue weighted by Crippen LogP contribution is -2.16. The fourth-order valence-corrected chi connectivity index (χ4v) is 1.32. The van der Waals surface area contributed by atoms with Gasteiger partial charge in [0, 0.05) is 12.1 Å². The Balaban J connectivity index is 2.73. The third-order valence-corrected chi connectivity index (χ3v) is 2.05. The first-order valence-electron chi connectivity index (χ1n) is 4.16. The number of nitro groups is 1. The van der Waals surface area contributed by atoms with E-state index in [4.69, 9.17) is 5.73 Å². The van der Waals surface area contributed by atoms with E-state index in [-0.39, 0.29) is 22.5 Å². The molecule has 1 heterocycles. The maximum atomic E-state index is 10.9. The number of primary amides is 1. The highest BCUT2D eigenvalue weighted by molar-refractivity contribution is 5.93. The lowest BCUT2D eigenvalue weighted by Gasteiger charge is -1.95. The number of fused-ring (bicyclic) bond motifs is 1. The van der Waals surface area contributed by atoms with E-state index in [1.807, 2.05) is 0 Å². The molecule has 0 saturated carbocycles. The summed E-state index contributed by atoms with van der Waals surface area (Å²) in [5, 5.41) is 20.0. The Morgan fingerprint density at radius 3 is 2.81 bits per heavy atom. The number of hydrogen-bond acceptors (Lipinski definition) is 5. The molecule has 0 saturated heterocycles. The SMILES string of the molecule is NC(=O)c1nc2ccc([N+](=O)[O-])cc2n1O. The van der Waals surface area contributed by atoms with Gasteiger partial charge in [0.15, 0.2) is 0 Å². The second-order valence-corrected chi connectivity index (χ2v) is 3.04. The van der Waals surface area contributed by atoms with E-state index in [1.165, 1.54) is 12.1 Å². The lowest BCUT2D eigenvalue weighted by atomic mass is 10.3. The molecule has 8 heteroatoms. The van der Waals surface area contributed by atoms with Gasteiger partial charge in [-0.2, -0.15) is 4.73 Å². The largest absolute Gasteiger partial charge is 0.426 e. The summed E-state index contributed by atoms with van der Waals surface area (Å²) < 4.78 is 0.435. The van der Waals surface area contributed by atoms with E-state index in [1.54, 1.807) is 0 Å². The Labute approximate surface area is 88.0 Å². The van der Waals surface area contributed by atoms with Crippen molar-refractivity contribution >= 4 is 22.6 Å². The second kappa shape index (κ2) is 3.19. The van der Waals surface area contributed by atoms with Gasteiger partial charge in [-0.25, -0.2) is 4.98 Å². The zero-order valence-corrected chi connectivity index (χ0v) is 7.82. The number of carbonyl (C=O) groups excluding carboxylic acids is 1. The summed E-state index contributed by atoms with van der Waals surface area (Å²) in [6.07, 6.45) is 0. The monoisotopic (exact) mass is 222 g/mol. The second-order valence-electron chi connectivity index (χ2n) is 3.04. The number of nitro benzene ring substituents is 1. The summed E-state index contributed by atoms with van der Waals surface area (Å²) in [7, 11) is 0. The van der Waals surface area contributed by atoms with E-state index in [9.17, 15) is 20.1 Å². The Morgan fingerprint density at radius 2 is 2.25 bits per heavy atom. The number of imidazole rings is 1. The first-order chi connectivity index (χ1) is 7.50. The summed E-state index contributed by atoms with van der Waals surface area (Å²) in [4.78, 5) is 24.5. The minimum Gasteiger partial charge on any atom is -0.426 e. The summed E-state index contributed by atoms with van der Waals surface area (Å²) in [5.74, 6) is -1.28. The number of benzene rings is 1. The van der Waals surface area contributed by atoms with Crippen LogP contribution >= 0.6 is 0 Å². The molecule has 82 valence electrons. The predicted octanol–water partition coefficient (Wildman–Crippen LogP) is 0.281. The van der Waals surface area contributed by atoms with Crippen LogP contribution in [0.4, 0.5) is 5.69 Å². The summed E-state index contributed by atoms with van der Waals surface area (Å²) in [6, 6.07) is 3.65. The highest BCUT2D eigenvalue weighted by Gasteiger charge is 2.17. The molecule has 1 aromatic heterocycles. The standard InChI is InChI=1S/C8H6N4O4/c9-7(13)8-10-5-2-1-4(12(15)16)3-6(5)11(8)14/h1-3,14H,(H2,9,13). The molecule has 2 aromatic rings. The van der Waals surface area contributed by atoms with E-state index in [0.29, 0.717) is 4.73 Å². The Bertz CT molecular complexity index is 603. The molecule has 0 aliphatic rings. The van der Waals surface area contributed by atoms with Crippen LogP contribution in [-0.2, 0) is 0 Å². The number of nitrogens with two attached hydrogens (primary N) is 1. The quantitative estimate of drug-likeness (QED) is 0.429. The van der Waals surface area contributed by atoms with Gasteiger partial charge in [0.25, 0.3) is 11.6 Å². The number of carbonyl (C=O) groups is 1. The van der Waals surface area contributed by atoms with Crippen molar-refractivity contribution in [2.24, 2.45) is 5.73 Å². The molecule has 0 bridgehead atoms. The molecule has 0 spiro atoms. The van der Waals surface area contributed by atoms with Crippen LogP contribution in [-0.4, -0.2) is 25.8 Å². The molecule has 16 heavy (non-hydrogen) atoms. The van der Waals surface area contributed by atoms with Crippen LogP contribution in [0, 0.1) is 10.1 Å². The van der Waals surface area contributed by atoms with Crippen molar-refractivity contribution in [1.29, 1.82) is 0 Å². The number of aromatic nitrogens is 2. The van der Waals surface area contributed by atoms with E-state index in [2.05, 4.69) is 4.98 Å². The molecule has 0 unspecified atom stereocenters. The van der Waals surface area contributed by atoms with Gasteiger partial charge < -0.3 is 10.9 Å². The van der Waals surface area contributed by atoms with Crippen molar-refractivity contribution < 1.29 is 14.9 Å². The van der Waals surface area contributed by atoms with E-state index >= 15 is 0 Å². The normalized spacial score (nSPS) is 10.5. The summed E-state index contributed by atoms with van der Waals surface area (Å²) in [5.41, 5.74) is 5.06. The molecule has 0 aliphatic heterocycles. The average molecular weight is 222 g/mol. The number of rotatable bonds is 2. The van der Waals surface area contributed by atoms with E-state index < -0.39 is 10.8 Å². The Kier molecular flexibility index (Phi) is 1.97. The van der Waals surface area contributed by atoms with Crippen molar-refractivity contribution in [3.8, 4) is 0 Å². The molecule has 0 atom stereocenters. The Hall–Kier alpha value is -2.64. The summed E-state index contributed by atoms with van der Waals surface area (Å²) in [6.45, 7) is 0. The first-order valence-corrected chi connectivity index (χ1v) is 4.16. The van der Waals surface area contributed by atoms with E-state index in [0.717, 1.165) is 6.07 Å². The van der Waals surface area contributed by atoms with Crippen LogP contribution in [0.25, 0.3) is 11.0 Å². The maximum absolute atomic E-state index is 10.9. The molecule has 1 amide bonds. The highest BCUT2D eigenvalue weighted by Crippen LogP contribution is 2.20. The maximum Gasteiger partial charge on any atom is 0.287 e. The van der Waals surface area contributed by atoms with Crippen molar-refractivity contribution in [2.75, 3.05) is 0 Å². The molecule has 0 aliphatic carbocycles. The third kappa shape index (κ3) is 1.32. The van der Waals surface area contributed by atoms with Crippen LogP contribution in [0.1, 0.15) is 10.6 Å². The fourth-order valence-electron chi connectivity index (χ4n) is 1.32. The van der Waals surface area contributed by atoms with Gasteiger partial charge in [-0.05, 0) is 6.07 Å². The van der Waals surface area contributed by atoms with Gasteiger partial charge in [0.2, 0.25) is 5.82 Å². The van der Waals surface area contributed by atoms with Gasteiger partial charge in [0.05, 0.1) is 10.4 Å². The van der Waals surface area contributed by atoms with Crippen LogP contribution in [0.15, 0.2) is 18.2 Å². The number of nitrogens with zero attached hydrogens (tertiary/aromatic N) is 3. The molecular weight excluding hydrogens is 216 g/mol. The van der Waals surface area contributed by atoms with Gasteiger partial charge in [0.1, 0.15) is 5.52 Å². The van der Waals surface area contributed by atoms with Crippen LogP contribution in [0.2, 0.25) is 0 Å². The van der Waals surface area contributed by atoms with Crippen molar-refractivity contribution in [3.05, 3.63) is 34.1 Å². The molecule has 0 radical (unpaired) electrons. The van der Waals surface area contributed by atoms with Crippen LogP contribution in [0.5, 0.6) is 0 Å². The minimum atomic E-state index is -0.915. The molecular formula is C8H6N4O4. The van der Waals surface area contributed by atoms with Crippen molar-refractivity contribution in [3.63, 3.8) is 0 Å². The molecule has 2 rings (SSSR count). The van der Waals surface area contributed by atoms with Crippen molar-refractivity contribution in [2.45, 2.75) is 0 Å². The van der Waals surface area contributed by atoms with Gasteiger partial charge in [-0.15, -0.1) is 0 Å². The van der Waals surface area contributed by atoms with Gasteiger partial charge in [-0.1, -0.05) is 0 Å². The zero-order valence-electron chi connectivity index (χ0n) is 7.82. The van der Waals surface area contributed by atoms with Gasteiger partial charge in [-0.3, -0.25) is 14.9 Å². The highest BCUT2D eigenvalue weighted by atomic mass is 16.6. The fraction of sp³-hybridized carbons (Fsp3) is 0. The van der Waals surface area contributed by atoms with Crippen LogP contribution < -0.4 is 5.73 Å². The average Bonchev–Trinajstić information content (AvgIpc) is 2.56. The lowest BCUT2D eigenvalue weighted by molar-refractivity contribution is -0.384. The topological polar surface area (TPSA) is 124 Å². The first kappa shape index (κ1) is 9.90.